The number of amides is 2. The van der Waals surface area contributed by atoms with Gasteiger partial charge in [0.05, 0.1) is 6.61 Å². The molecular weight excluding hydrogens is 344 g/mol. The third-order valence-electron chi connectivity index (χ3n) is 4.86. The van der Waals surface area contributed by atoms with Gasteiger partial charge >= 0.3 is 6.09 Å². The third-order valence-corrected chi connectivity index (χ3v) is 4.86. The maximum Gasteiger partial charge on any atom is 0.409 e. The van der Waals surface area contributed by atoms with Crippen LogP contribution in [-0.2, 0) is 16.0 Å². The van der Waals surface area contributed by atoms with E-state index >= 15 is 0 Å². The standard InChI is InChI=1S/C20H24N4O3/c1-2-27-20(26)23-12-10-22(11-13-23)15-17(14-21)19(25)24-9-5-7-16-6-3-4-8-18(16)24/h3-4,6,8,15H,2,5,7,9-13H2,1H3/b17-15-. The minimum Gasteiger partial charge on any atom is -0.450 e. The van der Waals surface area contributed by atoms with E-state index in [2.05, 4.69) is 6.07 Å². The molecule has 0 radical (unpaired) electrons. The first-order valence-corrected chi connectivity index (χ1v) is 9.31. The number of carbonyl (C=O) groups is 2. The monoisotopic (exact) mass is 368 g/mol. The van der Waals surface area contributed by atoms with E-state index in [-0.39, 0.29) is 17.6 Å². The van der Waals surface area contributed by atoms with E-state index in [1.54, 1.807) is 22.9 Å². The number of anilines is 1. The van der Waals surface area contributed by atoms with Crippen molar-refractivity contribution in [2.75, 3.05) is 44.2 Å². The molecule has 0 saturated carbocycles. The number of hydrogen-bond acceptors (Lipinski definition) is 5. The summed E-state index contributed by atoms with van der Waals surface area (Å²) in [5.41, 5.74) is 2.15. The second-order valence-electron chi connectivity index (χ2n) is 6.57. The van der Waals surface area contributed by atoms with E-state index < -0.39 is 0 Å². The molecule has 0 unspecified atom stereocenters. The molecule has 1 aromatic rings. The summed E-state index contributed by atoms with van der Waals surface area (Å²) in [6.45, 7) is 4.89. The molecule has 1 saturated heterocycles. The van der Waals surface area contributed by atoms with Crippen LogP contribution in [0.1, 0.15) is 18.9 Å². The van der Waals surface area contributed by atoms with Crippen molar-refractivity contribution in [3.63, 3.8) is 0 Å². The molecule has 3 rings (SSSR count). The quantitative estimate of drug-likeness (QED) is 0.603. The predicted octanol–water partition coefficient (Wildman–Crippen LogP) is 2.15. The van der Waals surface area contributed by atoms with Crippen molar-refractivity contribution < 1.29 is 14.3 Å². The minimum atomic E-state index is -0.317. The van der Waals surface area contributed by atoms with Crippen LogP contribution in [0.4, 0.5) is 10.5 Å². The molecule has 0 spiro atoms. The van der Waals surface area contributed by atoms with Gasteiger partial charge in [0.25, 0.3) is 5.91 Å². The largest absolute Gasteiger partial charge is 0.450 e. The van der Waals surface area contributed by atoms with Crippen LogP contribution in [0.5, 0.6) is 0 Å². The summed E-state index contributed by atoms with van der Waals surface area (Å²) in [5, 5.41) is 9.54. The lowest BCUT2D eigenvalue weighted by molar-refractivity contribution is -0.115. The van der Waals surface area contributed by atoms with Crippen molar-refractivity contribution >= 4 is 17.7 Å². The van der Waals surface area contributed by atoms with E-state index in [4.69, 9.17) is 4.74 Å². The van der Waals surface area contributed by atoms with Crippen molar-refractivity contribution in [3.05, 3.63) is 41.6 Å². The number of nitrogens with zero attached hydrogens (tertiary/aromatic N) is 4. The molecule has 1 fully saturated rings. The van der Waals surface area contributed by atoms with Crippen LogP contribution >= 0.6 is 0 Å². The Morgan fingerprint density at radius 1 is 1.19 bits per heavy atom. The lowest BCUT2D eigenvalue weighted by Gasteiger charge is -2.34. The molecule has 0 atom stereocenters. The molecule has 0 N–H and O–H groups in total. The molecule has 1 aromatic carbocycles. The van der Waals surface area contributed by atoms with Gasteiger partial charge in [-0.25, -0.2) is 4.79 Å². The van der Waals surface area contributed by atoms with Gasteiger partial charge in [-0.3, -0.25) is 4.79 Å². The Kier molecular flexibility index (Phi) is 5.97. The Hall–Kier alpha value is -3.01. The summed E-state index contributed by atoms with van der Waals surface area (Å²) in [4.78, 5) is 30.0. The average Bonchev–Trinajstić information content (AvgIpc) is 2.71. The fraction of sp³-hybridized carbons (Fsp3) is 0.450. The van der Waals surface area contributed by atoms with Crippen molar-refractivity contribution in [3.8, 4) is 6.07 Å². The molecule has 27 heavy (non-hydrogen) atoms. The molecule has 7 nitrogen and oxygen atoms in total. The molecule has 0 bridgehead atoms. The first kappa shape index (κ1) is 18.8. The minimum absolute atomic E-state index is 0.122. The van der Waals surface area contributed by atoms with Gasteiger partial charge in [0.1, 0.15) is 11.6 Å². The normalized spacial score (nSPS) is 17.2. The summed E-state index contributed by atoms with van der Waals surface area (Å²) in [7, 11) is 0. The molecule has 0 aromatic heterocycles. The Balaban J connectivity index is 1.68. The molecule has 7 heteroatoms. The highest BCUT2D eigenvalue weighted by Gasteiger charge is 2.26. The van der Waals surface area contributed by atoms with Crippen molar-refractivity contribution in [2.45, 2.75) is 19.8 Å². The number of benzene rings is 1. The lowest BCUT2D eigenvalue weighted by atomic mass is 10.0. The topological polar surface area (TPSA) is 76.9 Å². The van der Waals surface area contributed by atoms with Crippen LogP contribution < -0.4 is 4.90 Å². The molecule has 142 valence electrons. The summed E-state index contributed by atoms with van der Waals surface area (Å²) in [5.74, 6) is -0.266. The molecule has 0 aliphatic carbocycles. The number of nitriles is 1. The summed E-state index contributed by atoms with van der Waals surface area (Å²) >= 11 is 0. The molecule has 2 amide bonds. The van der Waals surface area contributed by atoms with Crippen molar-refractivity contribution in [1.29, 1.82) is 5.26 Å². The van der Waals surface area contributed by atoms with E-state index in [1.807, 2.05) is 29.2 Å². The van der Waals surface area contributed by atoms with Crippen LogP contribution in [-0.4, -0.2) is 61.1 Å². The number of para-hydroxylation sites is 1. The highest BCUT2D eigenvalue weighted by atomic mass is 16.6. The van der Waals surface area contributed by atoms with Crippen LogP contribution in [0, 0.1) is 11.3 Å². The van der Waals surface area contributed by atoms with Gasteiger partial charge < -0.3 is 19.4 Å². The van der Waals surface area contributed by atoms with Crippen molar-refractivity contribution in [2.24, 2.45) is 0 Å². The first-order valence-electron chi connectivity index (χ1n) is 9.31. The van der Waals surface area contributed by atoms with Gasteiger partial charge in [0, 0.05) is 44.6 Å². The molecule has 2 aliphatic heterocycles. The Morgan fingerprint density at radius 2 is 1.93 bits per heavy atom. The number of aryl methyl sites for hydroxylation is 1. The number of carbonyl (C=O) groups excluding carboxylic acids is 2. The van der Waals surface area contributed by atoms with Crippen LogP contribution in [0.25, 0.3) is 0 Å². The second kappa shape index (κ2) is 8.58. The highest BCUT2D eigenvalue weighted by Crippen LogP contribution is 2.27. The number of hydrogen-bond donors (Lipinski definition) is 0. The fourth-order valence-corrected chi connectivity index (χ4v) is 3.45. The SMILES string of the molecule is CCOC(=O)N1CCN(/C=C(/C#N)C(=O)N2CCCc3ccccc32)CC1. The zero-order valence-corrected chi connectivity index (χ0v) is 15.6. The second-order valence-corrected chi connectivity index (χ2v) is 6.57. The van der Waals surface area contributed by atoms with Gasteiger partial charge in [0.2, 0.25) is 0 Å². The van der Waals surface area contributed by atoms with Gasteiger partial charge in [0.15, 0.2) is 0 Å². The molecule has 2 aliphatic rings. The van der Waals surface area contributed by atoms with E-state index in [9.17, 15) is 14.9 Å². The zero-order chi connectivity index (χ0) is 19.2. The number of rotatable bonds is 3. The molecular formula is C20H24N4O3. The van der Waals surface area contributed by atoms with Gasteiger partial charge in [-0.1, -0.05) is 18.2 Å². The summed E-state index contributed by atoms with van der Waals surface area (Å²) < 4.78 is 5.01. The van der Waals surface area contributed by atoms with Gasteiger partial charge in [-0.2, -0.15) is 5.26 Å². The lowest BCUT2D eigenvalue weighted by Crippen LogP contribution is -2.47. The predicted molar refractivity (Wildman–Crippen MR) is 101 cm³/mol. The Morgan fingerprint density at radius 3 is 2.63 bits per heavy atom. The number of fused-ring (bicyclic) bond motifs is 1. The van der Waals surface area contributed by atoms with Gasteiger partial charge in [-0.05, 0) is 31.4 Å². The van der Waals surface area contributed by atoms with E-state index in [0.717, 1.165) is 24.1 Å². The average molecular weight is 368 g/mol. The Labute approximate surface area is 159 Å². The van der Waals surface area contributed by atoms with Crippen molar-refractivity contribution in [1.82, 2.24) is 9.80 Å². The fourth-order valence-electron chi connectivity index (χ4n) is 3.45. The number of piperazine rings is 1. The van der Waals surface area contributed by atoms with Crippen LogP contribution in [0.3, 0.4) is 0 Å². The van der Waals surface area contributed by atoms with Gasteiger partial charge in [-0.15, -0.1) is 0 Å². The smallest absolute Gasteiger partial charge is 0.409 e. The maximum absolute atomic E-state index is 12.9. The maximum atomic E-state index is 12.9. The summed E-state index contributed by atoms with van der Waals surface area (Å²) in [6, 6.07) is 9.89. The highest BCUT2D eigenvalue weighted by molar-refractivity contribution is 6.08. The third kappa shape index (κ3) is 4.22. The van der Waals surface area contributed by atoms with E-state index in [1.165, 1.54) is 0 Å². The zero-order valence-electron chi connectivity index (χ0n) is 15.6. The Bertz CT molecular complexity index is 776. The first-order chi connectivity index (χ1) is 13.1. The van der Waals surface area contributed by atoms with Crippen LogP contribution in [0.2, 0.25) is 0 Å². The molecule has 2 heterocycles. The van der Waals surface area contributed by atoms with E-state index in [0.29, 0.717) is 39.3 Å². The van der Waals surface area contributed by atoms with Crippen LogP contribution in [0.15, 0.2) is 36.0 Å². The number of ether oxygens (including phenoxy) is 1. The summed E-state index contributed by atoms with van der Waals surface area (Å²) in [6.07, 6.45) is 3.14.